The molecular weight excluding hydrogens is 316 g/mol. The first kappa shape index (κ1) is 16.5. The van der Waals surface area contributed by atoms with Crippen LogP contribution in [0.5, 0.6) is 0 Å². The van der Waals surface area contributed by atoms with Crippen LogP contribution < -0.4 is 0 Å². The molecule has 1 aromatic carbocycles. The number of hydrogen-bond acceptors (Lipinski definition) is 4. The van der Waals surface area contributed by atoms with E-state index in [2.05, 4.69) is 9.88 Å². The molecule has 0 radical (unpaired) electrons. The molecule has 0 bridgehead atoms. The van der Waals surface area contributed by atoms with Gasteiger partial charge >= 0.3 is 0 Å². The summed E-state index contributed by atoms with van der Waals surface area (Å²) < 4.78 is 2.03. The molecule has 1 atom stereocenters. The minimum absolute atomic E-state index is 0.120. The Labute approximate surface area is 148 Å². The summed E-state index contributed by atoms with van der Waals surface area (Å²) in [6.07, 6.45) is 5.37. The molecule has 2 aliphatic rings. The maximum absolute atomic E-state index is 12.6. The molecule has 2 fully saturated rings. The minimum atomic E-state index is -0.734. The van der Waals surface area contributed by atoms with Crippen molar-refractivity contribution in [1.29, 1.82) is 0 Å². The summed E-state index contributed by atoms with van der Waals surface area (Å²) >= 11 is 0. The number of β-amino-alcohol motifs (C(OH)–C–C–N with tert-alkyl or cyclic N) is 1. The lowest BCUT2D eigenvalue weighted by Crippen LogP contribution is -2.45. The first-order valence-corrected chi connectivity index (χ1v) is 9.25. The minimum Gasteiger partial charge on any atom is -0.387 e. The summed E-state index contributed by atoms with van der Waals surface area (Å²) in [6.45, 7) is 4.60. The van der Waals surface area contributed by atoms with Gasteiger partial charge in [0.05, 0.1) is 29.5 Å². The molecule has 2 aromatic rings. The van der Waals surface area contributed by atoms with Gasteiger partial charge in [0.25, 0.3) is 0 Å². The van der Waals surface area contributed by atoms with Crippen LogP contribution in [-0.2, 0) is 11.3 Å². The Balaban J connectivity index is 1.32. The highest BCUT2D eigenvalue weighted by molar-refractivity contribution is 5.78. The number of likely N-dealkylation sites (tertiary alicyclic amines) is 2. The number of nitrogens with zero attached hydrogens (tertiary/aromatic N) is 4. The van der Waals surface area contributed by atoms with E-state index in [0.29, 0.717) is 39.0 Å². The van der Waals surface area contributed by atoms with Crippen molar-refractivity contribution in [1.82, 2.24) is 19.4 Å². The molecule has 2 saturated heterocycles. The van der Waals surface area contributed by atoms with Crippen molar-refractivity contribution in [3.8, 4) is 0 Å². The van der Waals surface area contributed by atoms with Crippen LogP contribution in [0.2, 0.25) is 0 Å². The van der Waals surface area contributed by atoms with E-state index in [1.54, 1.807) is 6.33 Å². The first-order chi connectivity index (χ1) is 12.1. The molecule has 0 spiro atoms. The van der Waals surface area contributed by atoms with Gasteiger partial charge in [-0.3, -0.25) is 4.79 Å². The SMILES string of the molecule is O=C(CCn1cnc2ccccc21)N1CCC(O)(CN2CCCC2)C1. The molecule has 2 aliphatic heterocycles. The van der Waals surface area contributed by atoms with Crippen molar-refractivity contribution in [2.75, 3.05) is 32.7 Å². The van der Waals surface area contributed by atoms with Crippen LogP contribution in [-0.4, -0.2) is 68.7 Å². The van der Waals surface area contributed by atoms with Crippen molar-refractivity contribution in [2.24, 2.45) is 0 Å². The number of aliphatic hydroxyl groups is 1. The Morgan fingerprint density at radius 2 is 2.00 bits per heavy atom. The van der Waals surface area contributed by atoms with Crippen molar-refractivity contribution >= 4 is 16.9 Å². The number of carbonyl (C=O) groups excluding carboxylic acids is 1. The Hall–Kier alpha value is -1.92. The van der Waals surface area contributed by atoms with Crippen molar-refractivity contribution < 1.29 is 9.90 Å². The van der Waals surface area contributed by atoms with E-state index in [-0.39, 0.29) is 5.91 Å². The lowest BCUT2D eigenvalue weighted by molar-refractivity contribution is -0.131. The average Bonchev–Trinajstić information content (AvgIpc) is 3.33. The maximum atomic E-state index is 12.6. The fraction of sp³-hybridized carbons (Fsp3) is 0.579. The van der Waals surface area contributed by atoms with Crippen molar-refractivity contribution in [3.63, 3.8) is 0 Å². The molecule has 134 valence electrons. The second kappa shape index (κ2) is 6.77. The predicted molar refractivity (Wildman–Crippen MR) is 96.2 cm³/mol. The summed E-state index contributed by atoms with van der Waals surface area (Å²) in [5, 5.41) is 10.8. The standard InChI is InChI=1S/C19H26N4O2/c24-18(7-11-23-15-20-16-5-1-2-6-17(16)23)22-12-8-19(25,14-22)13-21-9-3-4-10-21/h1-2,5-6,15,25H,3-4,7-14H2. The van der Waals surface area contributed by atoms with Crippen molar-refractivity contribution in [3.05, 3.63) is 30.6 Å². The van der Waals surface area contributed by atoms with Crippen LogP contribution in [0.25, 0.3) is 11.0 Å². The fourth-order valence-electron chi connectivity index (χ4n) is 4.12. The lowest BCUT2D eigenvalue weighted by Gasteiger charge is -2.28. The van der Waals surface area contributed by atoms with Crippen LogP contribution in [0.15, 0.2) is 30.6 Å². The molecule has 4 rings (SSSR count). The van der Waals surface area contributed by atoms with Gasteiger partial charge < -0.3 is 19.5 Å². The first-order valence-electron chi connectivity index (χ1n) is 9.25. The molecule has 1 aromatic heterocycles. The van der Waals surface area contributed by atoms with Gasteiger partial charge in [-0.1, -0.05) is 12.1 Å². The van der Waals surface area contributed by atoms with E-state index >= 15 is 0 Å². The summed E-state index contributed by atoms with van der Waals surface area (Å²) in [7, 11) is 0. The highest BCUT2D eigenvalue weighted by atomic mass is 16.3. The number of hydrogen-bond donors (Lipinski definition) is 1. The van der Waals surface area contributed by atoms with Gasteiger partial charge in [0.1, 0.15) is 0 Å². The Bertz CT molecular complexity index is 753. The fourth-order valence-corrected chi connectivity index (χ4v) is 4.12. The number of aryl methyl sites for hydroxylation is 1. The number of rotatable bonds is 5. The second-order valence-corrected chi connectivity index (χ2v) is 7.45. The Morgan fingerprint density at radius 1 is 1.20 bits per heavy atom. The zero-order chi connectivity index (χ0) is 17.3. The zero-order valence-electron chi connectivity index (χ0n) is 14.6. The van der Waals surface area contributed by atoms with Gasteiger partial charge in [-0.2, -0.15) is 0 Å². The number of amides is 1. The van der Waals surface area contributed by atoms with Crippen LogP contribution in [0, 0.1) is 0 Å². The van der Waals surface area contributed by atoms with Crippen LogP contribution >= 0.6 is 0 Å². The van der Waals surface area contributed by atoms with Gasteiger partial charge in [-0.25, -0.2) is 4.98 Å². The summed E-state index contributed by atoms with van der Waals surface area (Å²) in [5.41, 5.74) is 1.28. The molecule has 1 N–H and O–H groups in total. The number of benzene rings is 1. The third kappa shape index (κ3) is 3.55. The number of fused-ring (bicyclic) bond motifs is 1. The summed E-state index contributed by atoms with van der Waals surface area (Å²) in [4.78, 5) is 21.1. The van der Waals surface area contributed by atoms with Crippen molar-refractivity contribution in [2.45, 2.75) is 37.8 Å². The van der Waals surface area contributed by atoms with Crippen LogP contribution in [0.4, 0.5) is 0 Å². The third-order valence-corrected chi connectivity index (χ3v) is 5.50. The topological polar surface area (TPSA) is 61.6 Å². The molecule has 6 heteroatoms. The lowest BCUT2D eigenvalue weighted by atomic mass is 10.0. The van der Waals surface area contributed by atoms with Crippen LogP contribution in [0.3, 0.4) is 0 Å². The molecular formula is C19H26N4O2. The van der Waals surface area contributed by atoms with Gasteiger partial charge in [0.2, 0.25) is 5.91 Å². The number of aromatic nitrogens is 2. The largest absolute Gasteiger partial charge is 0.387 e. The zero-order valence-corrected chi connectivity index (χ0v) is 14.6. The third-order valence-electron chi connectivity index (χ3n) is 5.50. The molecule has 6 nitrogen and oxygen atoms in total. The Kier molecular flexibility index (Phi) is 4.48. The van der Waals surface area contributed by atoms with E-state index in [1.165, 1.54) is 12.8 Å². The Morgan fingerprint density at radius 3 is 2.84 bits per heavy atom. The highest BCUT2D eigenvalue weighted by Crippen LogP contribution is 2.25. The summed E-state index contributed by atoms with van der Waals surface area (Å²) in [6, 6.07) is 7.96. The van der Waals surface area contributed by atoms with Gasteiger partial charge in [0.15, 0.2) is 0 Å². The normalized spacial score (nSPS) is 24.4. The van der Waals surface area contributed by atoms with Gasteiger partial charge in [0, 0.05) is 26.1 Å². The van der Waals surface area contributed by atoms with E-state index in [1.807, 2.05) is 33.7 Å². The van der Waals surface area contributed by atoms with Gasteiger partial charge in [-0.05, 0) is 44.5 Å². The number of imidazole rings is 1. The van der Waals surface area contributed by atoms with Gasteiger partial charge in [-0.15, -0.1) is 0 Å². The van der Waals surface area contributed by atoms with Crippen LogP contribution in [0.1, 0.15) is 25.7 Å². The maximum Gasteiger partial charge on any atom is 0.224 e. The van der Waals surface area contributed by atoms with E-state index in [9.17, 15) is 9.90 Å². The van der Waals surface area contributed by atoms with E-state index in [0.717, 1.165) is 24.1 Å². The average molecular weight is 342 g/mol. The second-order valence-electron chi connectivity index (χ2n) is 7.45. The molecule has 25 heavy (non-hydrogen) atoms. The number of carbonyl (C=O) groups is 1. The monoisotopic (exact) mass is 342 g/mol. The molecule has 1 amide bonds. The molecule has 0 aliphatic carbocycles. The quantitative estimate of drug-likeness (QED) is 0.894. The van der Waals surface area contributed by atoms with E-state index in [4.69, 9.17) is 0 Å². The molecule has 0 saturated carbocycles. The van der Waals surface area contributed by atoms with E-state index < -0.39 is 5.60 Å². The summed E-state index contributed by atoms with van der Waals surface area (Å²) in [5.74, 6) is 0.120. The molecule has 1 unspecified atom stereocenters. The molecule has 3 heterocycles. The highest BCUT2D eigenvalue weighted by Gasteiger charge is 2.39. The number of para-hydroxylation sites is 2. The predicted octanol–water partition coefficient (Wildman–Crippen LogP) is 1.49. The smallest absolute Gasteiger partial charge is 0.224 e.